The van der Waals surface area contributed by atoms with Gasteiger partial charge in [-0.3, -0.25) is 0 Å². The average Bonchev–Trinajstić information content (AvgIpc) is 2.68. The van der Waals surface area contributed by atoms with Crippen molar-refractivity contribution in [2.45, 2.75) is 0 Å². The number of hydrogen-bond acceptors (Lipinski definition) is 6. The van der Waals surface area contributed by atoms with Crippen molar-refractivity contribution in [2.75, 3.05) is 14.2 Å². The fourth-order valence-corrected chi connectivity index (χ4v) is 2.40. The molecule has 0 aliphatic rings. The maximum Gasteiger partial charge on any atom is 0.344 e. The van der Waals surface area contributed by atoms with Crippen LogP contribution in [-0.2, 0) is 0 Å². The molecular weight excluding hydrogens is 356 g/mol. The molecule has 0 saturated carbocycles. The van der Waals surface area contributed by atoms with Gasteiger partial charge in [0.25, 0.3) is 0 Å². The van der Waals surface area contributed by atoms with Crippen molar-refractivity contribution in [3.05, 3.63) is 65.2 Å². The monoisotopic (exact) mass is 370 g/mol. The lowest BCUT2D eigenvalue weighted by Crippen LogP contribution is -2.09. The van der Waals surface area contributed by atoms with Crippen molar-refractivity contribution in [2.24, 2.45) is 0 Å². The molecule has 0 unspecified atom stereocenters. The summed E-state index contributed by atoms with van der Waals surface area (Å²) in [7, 11) is 3.15. The SMILES string of the molecule is COc1ccc(OC)c(-c2ccc(OC(=O)c3ccc(Cl)cc3)nn2)c1. The zero-order valence-corrected chi connectivity index (χ0v) is 14.9. The van der Waals surface area contributed by atoms with E-state index in [1.165, 1.54) is 0 Å². The number of methoxy groups -OCH3 is 2. The summed E-state index contributed by atoms with van der Waals surface area (Å²) in [5.41, 5.74) is 1.65. The van der Waals surface area contributed by atoms with Crippen LogP contribution >= 0.6 is 11.6 Å². The first-order valence-corrected chi connectivity index (χ1v) is 8.02. The van der Waals surface area contributed by atoms with E-state index in [1.54, 1.807) is 68.8 Å². The van der Waals surface area contributed by atoms with Gasteiger partial charge in [0.1, 0.15) is 11.5 Å². The quantitative estimate of drug-likeness (QED) is 0.631. The third-order valence-corrected chi connectivity index (χ3v) is 3.85. The van der Waals surface area contributed by atoms with Gasteiger partial charge in [-0.2, -0.15) is 0 Å². The zero-order chi connectivity index (χ0) is 18.5. The molecule has 0 bridgehead atoms. The van der Waals surface area contributed by atoms with Crippen molar-refractivity contribution in [3.63, 3.8) is 0 Å². The third-order valence-electron chi connectivity index (χ3n) is 3.60. The molecular formula is C19H15ClN2O4. The first kappa shape index (κ1) is 17.7. The Bertz CT molecular complexity index is 912. The molecule has 0 aliphatic heterocycles. The second kappa shape index (κ2) is 7.84. The highest BCUT2D eigenvalue weighted by molar-refractivity contribution is 6.30. The van der Waals surface area contributed by atoms with Gasteiger partial charge in [0, 0.05) is 16.7 Å². The molecule has 0 aliphatic carbocycles. The average molecular weight is 371 g/mol. The lowest BCUT2D eigenvalue weighted by atomic mass is 10.1. The Labute approximate surface area is 155 Å². The minimum absolute atomic E-state index is 0.0931. The van der Waals surface area contributed by atoms with E-state index in [4.69, 9.17) is 25.8 Å². The van der Waals surface area contributed by atoms with Gasteiger partial charge in [0.15, 0.2) is 0 Å². The number of ether oxygens (including phenoxy) is 3. The molecule has 0 amide bonds. The molecule has 0 fully saturated rings. The molecule has 0 N–H and O–H groups in total. The van der Waals surface area contributed by atoms with Crippen LogP contribution in [0.1, 0.15) is 10.4 Å². The van der Waals surface area contributed by atoms with Gasteiger partial charge in [-0.1, -0.05) is 11.6 Å². The van der Waals surface area contributed by atoms with Crippen molar-refractivity contribution in [3.8, 4) is 28.6 Å². The molecule has 26 heavy (non-hydrogen) atoms. The summed E-state index contributed by atoms with van der Waals surface area (Å²) < 4.78 is 15.8. The number of nitrogens with zero attached hydrogens (tertiary/aromatic N) is 2. The van der Waals surface area contributed by atoms with Crippen LogP contribution in [0.15, 0.2) is 54.6 Å². The summed E-state index contributed by atoms with van der Waals surface area (Å²) in [6.45, 7) is 0. The first-order valence-electron chi connectivity index (χ1n) is 7.64. The van der Waals surface area contributed by atoms with Gasteiger partial charge >= 0.3 is 5.97 Å². The van der Waals surface area contributed by atoms with Crippen LogP contribution < -0.4 is 14.2 Å². The van der Waals surface area contributed by atoms with Crippen molar-refractivity contribution in [1.82, 2.24) is 10.2 Å². The van der Waals surface area contributed by atoms with Crippen LogP contribution in [-0.4, -0.2) is 30.4 Å². The van der Waals surface area contributed by atoms with E-state index in [0.29, 0.717) is 27.8 Å². The molecule has 1 heterocycles. The molecule has 0 radical (unpaired) electrons. The summed E-state index contributed by atoms with van der Waals surface area (Å²) in [5.74, 6) is 0.852. The Kier molecular flexibility index (Phi) is 5.34. The van der Waals surface area contributed by atoms with Crippen LogP contribution in [0, 0.1) is 0 Å². The van der Waals surface area contributed by atoms with E-state index in [-0.39, 0.29) is 5.88 Å². The van der Waals surface area contributed by atoms with Crippen molar-refractivity contribution < 1.29 is 19.0 Å². The second-order valence-electron chi connectivity index (χ2n) is 5.22. The normalized spacial score (nSPS) is 10.3. The van der Waals surface area contributed by atoms with Gasteiger partial charge in [0.2, 0.25) is 5.88 Å². The summed E-state index contributed by atoms with van der Waals surface area (Å²) in [5, 5.41) is 8.60. The van der Waals surface area contributed by atoms with Gasteiger partial charge in [0.05, 0.1) is 25.5 Å². The Balaban J connectivity index is 1.80. The van der Waals surface area contributed by atoms with E-state index < -0.39 is 5.97 Å². The molecule has 0 saturated heterocycles. The molecule has 7 heteroatoms. The molecule has 3 rings (SSSR count). The van der Waals surface area contributed by atoms with Gasteiger partial charge < -0.3 is 14.2 Å². The van der Waals surface area contributed by atoms with Crippen molar-refractivity contribution in [1.29, 1.82) is 0 Å². The molecule has 132 valence electrons. The Morgan fingerprint density at radius 2 is 1.69 bits per heavy atom. The minimum atomic E-state index is -0.539. The predicted molar refractivity (Wildman–Crippen MR) is 97.0 cm³/mol. The van der Waals surface area contributed by atoms with Crippen LogP contribution in [0.2, 0.25) is 5.02 Å². The number of carbonyl (C=O) groups is 1. The number of rotatable bonds is 5. The lowest BCUT2D eigenvalue weighted by Gasteiger charge is -2.10. The number of carbonyl (C=O) groups excluding carboxylic acids is 1. The maximum absolute atomic E-state index is 12.1. The Morgan fingerprint density at radius 3 is 2.31 bits per heavy atom. The maximum atomic E-state index is 12.1. The highest BCUT2D eigenvalue weighted by Gasteiger charge is 2.13. The number of halogens is 1. The number of aromatic nitrogens is 2. The van der Waals surface area contributed by atoms with Gasteiger partial charge in [-0.15, -0.1) is 10.2 Å². The Hall–Kier alpha value is -3.12. The number of esters is 1. The molecule has 0 spiro atoms. The van der Waals surface area contributed by atoms with E-state index in [1.807, 2.05) is 0 Å². The van der Waals surface area contributed by atoms with Gasteiger partial charge in [-0.25, -0.2) is 4.79 Å². The molecule has 1 aromatic heterocycles. The highest BCUT2D eigenvalue weighted by Crippen LogP contribution is 2.32. The molecule has 2 aromatic carbocycles. The van der Waals surface area contributed by atoms with Crippen LogP contribution in [0.3, 0.4) is 0 Å². The predicted octanol–water partition coefficient (Wildman–Crippen LogP) is 4.03. The standard InChI is InChI=1S/C19H15ClN2O4/c1-24-14-7-9-17(25-2)15(11-14)16-8-10-18(22-21-16)26-19(23)12-3-5-13(20)6-4-12/h3-11H,1-2H3. The molecule has 0 atom stereocenters. The largest absolute Gasteiger partial charge is 0.497 e. The van der Waals surface area contributed by atoms with Crippen molar-refractivity contribution >= 4 is 17.6 Å². The highest BCUT2D eigenvalue weighted by atomic mass is 35.5. The van der Waals surface area contributed by atoms with Crippen LogP contribution in [0.4, 0.5) is 0 Å². The second-order valence-corrected chi connectivity index (χ2v) is 5.66. The van der Waals surface area contributed by atoms with Crippen LogP contribution in [0.25, 0.3) is 11.3 Å². The lowest BCUT2D eigenvalue weighted by molar-refractivity contribution is 0.0726. The van der Waals surface area contributed by atoms with Crippen LogP contribution in [0.5, 0.6) is 17.4 Å². The third kappa shape index (κ3) is 3.92. The van der Waals surface area contributed by atoms with E-state index in [0.717, 1.165) is 5.56 Å². The van der Waals surface area contributed by atoms with Gasteiger partial charge in [-0.05, 0) is 48.5 Å². The fraction of sp³-hybridized carbons (Fsp3) is 0.105. The first-order chi connectivity index (χ1) is 12.6. The summed E-state index contributed by atoms with van der Waals surface area (Å²) in [6.07, 6.45) is 0. The van der Waals surface area contributed by atoms with E-state index in [9.17, 15) is 4.79 Å². The summed E-state index contributed by atoms with van der Waals surface area (Å²) in [6, 6.07) is 15.0. The number of hydrogen-bond donors (Lipinski definition) is 0. The summed E-state index contributed by atoms with van der Waals surface area (Å²) in [4.78, 5) is 12.1. The number of benzene rings is 2. The minimum Gasteiger partial charge on any atom is -0.497 e. The smallest absolute Gasteiger partial charge is 0.344 e. The topological polar surface area (TPSA) is 70.5 Å². The summed E-state index contributed by atoms with van der Waals surface area (Å²) >= 11 is 5.80. The van der Waals surface area contributed by atoms with E-state index >= 15 is 0 Å². The fourth-order valence-electron chi connectivity index (χ4n) is 2.27. The molecule has 3 aromatic rings. The zero-order valence-electron chi connectivity index (χ0n) is 14.1. The van der Waals surface area contributed by atoms with E-state index in [2.05, 4.69) is 10.2 Å². The molecule has 6 nitrogen and oxygen atoms in total. The Morgan fingerprint density at radius 1 is 0.923 bits per heavy atom.